The molecular formula is C12H18N2O3. The molecule has 1 aromatic heterocycles. The van der Waals surface area contributed by atoms with Crippen molar-refractivity contribution in [3.05, 3.63) is 17.0 Å². The molecule has 1 saturated heterocycles. The monoisotopic (exact) mass is 238 g/mol. The first-order valence-electron chi connectivity index (χ1n) is 5.95. The maximum Gasteiger partial charge on any atom is 0.227 e. The number of aryl methyl sites for hydroxylation is 2. The van der Waals surface area contributed by atoms with Gasteiger partial charge in [-0.05, 0) is 26.7 Å². The van der Waals surface area contributed by atoms with Gasteiger partial charge >= 0.3 is 0 Å². The summed E-state index contributed by atoms with van der Waals surface area (Å²) in [4.78, 5) is 13.8. The van der Waals surface area contributed by atoms with E-state index in [2.05, 4.69) is 5.16 Å². The lowest BCUT2D eigenvalue weighted by atomic mass is 10.1. The van der Waals surface area contributed by atoms with Gasteiger partial charge in [0.15, 0.2) is 0 Å². The number of amides is 1. The Bertz CT molecular complexity index is 394. The van der Waals surface area contributed by atoms with Crippen molar-refractivity contribution < 1.29 is 14.4 Å². The summed E-state index contributed by atoms with van der Waals surface area (Å²) in [7, 11) is 0. The molecule has 94 valence electrons. The molecule has 1 N–H and O–H groups in total. The number of carbonyl (C=O) groups excluding carboxylic acids is 1. The number of carbonyl (C=O) groups is 1. The van der Waals surface area contributed by atoms with Gasteiger partial charge in [0, 0.05) is 18.7 Å². The topological polar surface area (TPSA) is 66.6 Å². The van der Waals surface area contributed by atoms with Gasteiger partial charge in [-0.1, -0.05) is 5.16 Å². The van der Waals surface area contributed by atoms with Crippen LogP contribution in [0.25, 0.3) is 0 Å². The molecule has 0 saturated carbocycles. The van der Waals surface area contributed by atoms with Crippen molar-refractivity contribution in [3.8, 4) is 0 Å². The van der Waals surface area contributed by atoms with Crippen molar-refractivity contribution in [1.82, 2.24) is 10.1 Å². The standard InChI is InChI=1S/C12H18N2O3/c1-8-11(9(2)17-13-8)6-12(16)14-5-3-4-10(15)7-14/h10,15H,3-7H2,1-2H3/t10-/m0/s1. The van der Waals surface area contributed by atoms with Crippen LogP contribution in [0.2, 0.25) is 0 Å². The van der Waals surface area contributed by atoms with E-state index in [1.807, 2.05) is 13.8 Å². The number of aliphatic hydroxyl groups excluding tert-OH is 1. The Balaban J connectivity index is 2.01. The number of nitrogens with zero attached hydrogens (tertiary/aromatic N) is 2. The largest absolute Gasteiger partial charge is 0.391 e. The third-order valence-corrected chi connectivity index (χ3v) is 3.26. The van der Waals surface area contributed by atoms with Gasteiger partial charge in [0.25, 0.3) is 0 Å². The first-order chi connectivity index (χ1) is 8.08. The van der Waals surface area contributed by atoms with Crippen LogP contribution in [0.1, 0.15) is 29.9 Å². The smallest absolute Gasteiger partial charge is 0.227 e. The average Bonchev–Trinajstić information content (AvgIpc) is 2.61. The molecule has 0 aromatic carbocycles. The molecule has 1 fully saturated rings. The van der Waals surface area contributed by atoms with Gasteiger partial charge in [0.1, 0.15) is 5.76 Å². The van der Waals surface area contributed by atoms with Gasteiger partial charge in [-0.15, -0.1) is 0 Å². The molecule has 0 unspecified atom stereocenters. The van der Waals surface area contributed by atoms with E-state index < -0.39 is 0 Å². The average molecular weight is 238 g/mol. The lowest BCUT2D eigenvalue weighted by Crippen LogP contribution is -2.42. The van der Waals surface area contributed by atoms with Crippen LogP contribution in [0, 0.1) is 13.8 Å². The summed E-state index contributed by atoms with van der Waals surface area (Å²) < 4.78 is 5.03. The summed E-state index contributed by atoms with van der Waals surface area (Å²) in [6, 6.07) is 0. The van der Waals surface area contributed by atoms with Crippen molar-refractivity contribution >= 4 is 5.91 Å². The number of rotatable bonds is 2. The molecule has 17 heavy (non-hydrogen) atoms. The first kappa shape index (κ1) is 12.1. The highest BCUT2D eigenvalue weighted by molar-refractivity contribution is 5.79. The number of aliphatic hydroxyl groups is 1. The summed E-state index contributed by atoms with van der Waals surface area (Å²) >= 11 is 0. The fourth-order valence-corrected chi connectivity index (χ4v) is 2.20. The maximum atomic E-state index is 12.1. The van der Waals surface area contributed by atoms with Crippen molar-refractivity contribution in [3.63, 3.8) is 0 Å². The van der Waals surface area contributed by atoms with Crippen molar-refractivity contribution in [2.45, 2.75) is 39.2 Å². The van der Waals surface area contributed by atoms with Gasteiger partial charge in [-0.2, -0.15) is 0 Å². The Morgan fingerprint density at radius 3 is 2.94 bits per heavy atom. The Morgan fingerprint density at radius 1 is 1.59 bits per heavy atom. The SMILES string of the molecule is Cc1noc(C)c1CC(=O)N1CCC[C@H](O)C1. The highest BCUT2D eigenvalue weighted by Crippen LogP contribution is 2.16. The van der Waals surface area contributed by atoms with Crippen molar-refractivity contribution in [1.29, 1.82) is 0 Å². The van der Waals surface area contributed by atoms with Crippen molar-refractivity contribution in [2.24, 2.45) is 0 Å². The molecule has 0 radical (unpaired) electrons. The van der Waals surface area contributed by atoms with E-state index in [-0.39, 0.29) is 12.0 Å². The van der Waals surface area contributed by atoms with E-state index in [0.29, 0.717) is 18.7 Å². The minimum atomic E-state index is -0.377. The quantitative estimate of drug-likeness (QED) is 0.828. The summed E-state index contributed by atoms with van der Waals surface area (Å²) in [5.74, 6) is 0.742. The minimum absolute atomic E-state index is 0.0400. The molecule has 1 atom stereocenters. The van der Waals surface area contributed by atoms with E-state index in [0.717, 1.165) is 30.6 Å². The Morgan fingerprint density at radius 2 is 2.35 bits per heavy atom. The van der Waals surface area contributed by atoms with E-state index in [1.165, 1.54) is 0 Å². The van der Waals surface area contributed by atoms with Crippen LogP contribution in [-0.2, 0) is 11.2 Å². The Kier molecular flexibility index (Phi) is 3.47. The molecule has 2 rings (SSSR count). The molecule has 5 nitrogen and oxygen atoms in total. The van der Waals surface area contributed by atoms with Crippen LogP contribution in [0.15, 0.2) is 4.52 Å². The van der Waals surface area contributed by atoms with Crippen LogP contribution < -0.4 is 0 Å². The van der Waals surface area contributed by atoms with Crippen LogP contribution in [0.3, 0.4) is 0 Å². The molecule has 0 bridgehead atoms. The van der Waals surface area contributed by atoms with E-state index in [4.69, 9.17) is 4.52 Å². The zero-order chi connectivity index (χ0) is 12.4. The van der Waals surface area contributed by atoms with Crippen LogP contribution >= 0.6 is 0 Å². The highest BCUT2D eigenvalue weighted by Gasteiger charge is 2.23. The van der Waals surface area contributed by atoms with Crippen LogP contribution in [-0.4, -0.2) is 40.3 Å². The molecule has 5 heteroatoms. The van der Waals surface area contributed by atoms with Gasteiger partial charge < -0.3 is 14.5 Å². The maximum absolute atomic E-state index is 12.1. The Hall–Kier alpha value is -1.36. The normalized spacial score (nSPS) is 20.6. The predicted octanol–water partition coefficient (Wildman–Crippen LogP) is 0.817. The van der Waals surface area contributed by atoms with Crippen LogP contribution in [0.5, 0.6) is 0 Å². The van der Waals surface area contributed by atoms with E-state index in [9.17, 15) is 9.90 Å². The number of hydrogen-bond acceptors (Lipinski definition) is 4. The van der Waals surface area contributed by atoms with E-state index >= 15 is 0 Å². The molecule has 0 aliphatic carbocycles. The van der Waals surface area contributed by atoms with Crippen LogP contribution in [0.4, 0.5) is 0 Å². The number of likely N-dealkylation sites (tertiary alicyclic amines) is 1. The second kappa shape index (κ2) is 4.87. The first-order valence-corrected chi connectivity index (χ1v) is 5.95. The van der Waals surface area contributed by atoms with Gasteiger partial charge in [-0.25, -0.2) is 0 Å². The molecule has 1 aliphatic rings. The number of piperidine rings is 1. The zero-order valence-electron chi connectivity index (χ0n) is 10.3. The van der Waals surface area contributed by atoms with Gasteiger partial charge in [-0.3, -0.25) is 4.79 Å². The summed E-state index contributed by atoms with van der Waals surface area (Å²) in [5, 5.41) is 13.4. The number of β-amino-alcohol motifs (C(OH)–C–C–N with tert-alkyl or cyclic N) is 1. The molecule has 1 aliphatic heterocycles. The summed E-state index contributed by atoms with van der Waals surface area (Å²) in [6.45, 7) is 4.83. The van der Waals surface area contributed by atoms with E-state index in [1.54, 1.807) is 4.90 Å². The second-order valence-corrected chi connectivity index (χ2v) is 4.62. The second-order valence-electron chi connectivity index (χ2n) is 4.62. The number of aromatic nitrogens is 1. The number of hydrogen-bond donors (Lipinski definition) is 1. The van der Waals surface area contributed by atoms with Crippen molar-refractivity contribution in [2.75, 3.05) is 13.1 Å². The zero-order valence-corrected chi connectivity index (χ0v) is 10.3. The lowest BCUT2D eigenvalue weighted by Gasteiger charge is -2.30. The third kappa shape index (κ3) is 2.66. The molecule has 1 aromatic rings. The van der Waals surface area contributed by atoms with Gasteiger partial charge in [0.05, 0.1) is 18.2 Å². The molecule has 2 heterocycles. The molecule has 1 amide bonds. The fraction of sp³-hybridized carbons (Fsp3) is 0.667. The molecule has 0 spiro atoms. The summed E-state index contributed by atoms with van der Waals surface area (Å²) in [6.07, 6.45) is 1.59. The van der Waals surface area contributed by atoms with Gasteiger partial charge in [0.2, 0.25) is 5.91 Å². The lowest BCUT2D eigenvalue weighted by molar-refractivity contribution is -0.133. The summed E-state index contributed by atoms with van der Waals surface area (Å²) in [5.41, 5.74) is 1.64. The third-order valence-electron chi connectivity index (χ3n) is 3.26. The molecular weight excluding hydrogens is 220 g/mol. The predicted molar refractivity (Wildman–Crippen MR) is 61.5 cm³/mol. The Labute approximate surface area is 100 Å². The highest BCUT2D eigenvalue weighted by atomic mass is 16.5. The fourth-order valence-electron chi connectivity index (χ4n) is 2.20. The minimum Gasteiger partial charge on any atom is -0.391 e.